The van der Waals surface area contributed by atoms with Crippen LogP contribution in [0.4, 0.5) is 10.3 Å². The molecule has 28 heavy (non-hydrogen) atoms. The van der Waals surface area contributed by atoms with Gasteiger partial charge in [-0.2, -0.15) is 9.97 Å². The number of ether oxygens (including phenoxy) is 2. The standard InChI is InChI=1S/C17H24FN5O5/c1-3-8(24)12-9(18)11(25)15(28-12)23-13-10(14(27-2)21-16(19)20-13)22(17(23)26)6-7-4-5-7/h7-9,11-12,15,24-25H,3-6H2,1-2H3,(H2,19,20,21)/t8-,9+,11+,12+,15+/m0/s1. The minimum atomic E-state index is -1.85. The predicted octanol–water partition coefficient (Wildman–Crippen LogP) is -0.0389. The van der Waals surface area contributed by atoms with E-state index in [9.17, 15) is 19.4 Å². The molecule has 0 bridgehead atoms. The fourth-order valence-electron chi connectivity index (χ4n) is 3.68. The number of aliphatic hydroxyl groups is 2. The quantitative estimate of drug-likeness (QED) is 0.617. The molecule has 1 saturated carbocycles. The maximum Gasteiger partial charge on any atom is 0.332 e. The summed E-state index contributed by atoms with van der Waals surface area (Å²) in [7, 11) is 1.40. The molecule has 2 aliphatic rings. The molecule has 0 spiro atoms. The molecule has 1 saturated heterocycles. The van der Waals surface area contributed by atoms with Crippen LogP contribution in [0.3, 0.4) is 0 Å². The number of nitrogen functional groups attached to an aromatic ring is 1. The van der Waals surface area contributed by atoms with Gasteiger partial charge in [-0.25, -0.2) is 13.8 Å². The highest BCUT2D eigenvalue weighted by Gasteiger charge is 2.49. The molecule has 2 aromatic heterocycles. The number of aromatic nitrogens is 4. The summed E-state index contributed by atoms with van der Waals surface area (Å²) in [5, 5.41) is 20.4. The second-order valence-electron chi connectivity index (χ2n) is 7.37. The van der Waals surface area contributed by atoms with Gasteiger partial charge in [-0.15, -0.1) is 0 Å². The van der Waals surface area contributed by atoms with Crippen LogP contribution in [0.5, 0.6) is 5.88 Å². The van der Waals surface area contributed by atoms with Crippen molar-refractivity contribution in [1.29, 1.82) is 0 Å². The Bertz CT molecular complexity index is 942. The summed E-state index contributed by atoms with van der Waals surface area (Å²) < 4.78 is 28.0. The van der Waals surface area contributed by atoms with Crippen LogP contribution in [0, 0.1) is 5.92 Å². The third kappa shape index (κ3) is 2.93. The lowest BCUT2D eigenvalue weighted by molar-refractivity contribution is -0.0799. The van der Waals surface area contributed by atoms with Crippen molar-refractivity contribution in [3.05, 3.63) is 10.5 Å². The first-order valence-corrected chi connectivity index (χ1v) is 9.35. The summed E-state index contributed by atoms with van der Waals surface area (Å²) in [6.07, 6.45) is -4.98. The first-order valence-electron chi connectivity index (χ1n) is 9.35. The largest absolute Gasteiger partial charge is 0.479 e. The van der Waals surface area contributed by atoms with Gasteiger partial charge in [0.05, 0.1) is 13.2 Å². The summed E-state index contributed by atoms with van der Waals surface area (Å²) in [6.45, 7) is 2.10. The molecule has 0 aromatic carbocycles. The number of methoxy groups -OCH3 is 1. The van der Waals surface area contributed by atoms with Gasteiger partial charge in [0.25, 0.3) is 0 Å². The Hall–Kier alpha value is -2.24. The van der Waals surface area contributed by atoms with Crippen LogP contribution >= 0.6 is 0 Å². The van der Waals surface area contributed by atoms with Crippen molar-refractivity contribution in [2.45, 2.75) is 63.4 Å². The molecule has 2 aromatic rings. The lowest BCUT2D eigenvalue weighted by Crippen LogP contribution is -2.36. The minimum absolute atomic E-state index is 0.0953. The van der Waals surface area contributed by atoms with Crippen molar-refractivity contribution in [3.8, 4) is 5.88 Å². The Morgan fingerprint density at radius 1 is 1.43 bits per heavy atom. The molecule has 154 valence electrons. The molecule has 5 atom stereocenters. The van der Waals surface area contributed by atoms with E-state index in [0.29, 0.717) is 18.0 Å². The number of hydrogen-bond acceptors (Lipinski definition) is 8. The number of nitrogens with two attached hydrogens (primary N) is 1. The fraction of sp³-hybridized carbons (Fsp3) is 0.706. The third-order valence-electron chi connectivity index (χ3n) is 5.40. The number of anilines is 1. The number of halogens is 1. The van der Waals surface area contributed by atoms with Crippen molar-refractivity contribution in [1.82, 2.24) is 19.1 Å². The highest BCUT2D eigenvalue weighted by Crippen LogP contribution is 2.37. The van der Waals surface area contributed by atoms with Gasteiger partial charge in [0, 0.05) is 6.54 Å². The molecule has 1 aliphatic carbocycles. The second-order valence-corrected chi connectivity index (χ2v) is 7.37. The molecule has 4 N–H and O–H groups in total. The fourth-order valence-corrected chi connectivity index (χ4v) is 3.68. The molecule has 0 amide bonds. The average Bonchev–Trinajstić information content (AvgIpc) is 3.40. The normalized spacial score (nSPS) is 28.8. The van der Waals surface area contributed by atoms with E-state index in [1.807, 2.05) is 0 Å². The Morgan fingerprint density at radius 3 is 2.75 bits per heavy atom. The van der Waals surface area contributed by atoms with E-state index >= 15 is 0 Å². The third-order valence-corrected chi connectivity index (χ3v) is 5.40. The van der Waals surface area contributed by atoms with E-state index in [-0.39, 0.29) is 23.9 Å². The Morgan fingerprint density at radius 2 is 2.14 bits per heavy atom. The SMILES string of the molecule is CC[C@H](O)[C@H]1O[C@@H](n2c(=O)n(CC3CC3)c3c(OC)nc(N)nc32)[C@H](O)[C@H]1F. The van der Waals surface area contributed by atoms with E-state index in [4.69, 9.17) is 15.2 Å². The van der Waals surface area contributed by atoms with Gasteiger partial charge in [0.1, 0.15) is 12.2 Å². The number of nitrogens with zero attached hydrogens (tertiary/aromatic N) is 4. The summed E-state index contributed by atoms with van der Waals surface area (Å²) in [6, 6.07) is 0. The Balaban J connectivity index is 1.88. The van der Waals surface area contributed by atoms with E-state index in [0.717, 1.165) is 17.4 Å². The van der Waals surface area contributed by atoms with Crippen molar-refractivity contribution >= 4 is 17.1 Å². The second kappa shape index (κ2) is 6.98. The highest BCUT2D eigenvalue weighted by atomic mass is 19.1. The van der Waals surface area contributed by atoms with Gasteiger partial charge >= 0.3 is 5.69 Å². The first kappa shape index (κ1) is 19.1. The van der Waals surface area contributed by atoms with Crippen molar-refractivity contribution in [2.75, 3.05) is 12.8 Å². The molecule has 0 radical (unpaired) electrons. The molecule has 2 fully saturated rings. The van der Waals surface area contributed by atoms with Crippen LogP contribution in [0.15, 0.2) is 4.79 Å². The van der Waals surface area contributed by atoms with Gasteiger partial charge < -0.3 is 25.4 Å². The summed E-state index contributed by atoms with van der Waals surface area (Å²) in [5.41, 5.74) is 5.64. The maximum absolute atomic E-state index is 14.6. The number of rotatable bonds is 6. The van der Waals surface area contributed by atoms with Crippen LogP contribution in [0.2, 0.25) is 0 Å². The Kier molecular flexibility index (Phi) is 4.76. The molecule has 4 rings (SSSR count). The monoisotopic (exact) mass is 397 g/mol. The van der Waals surface area contributed by atoms with Gasteiger partial charge in [-0.1, -0.05) is 6.92 Å². The zero-order chi connectivity index (χ0) is 20.2. The van der Waals surface area contributed by atoms with Crippen LogP contribution in [0.1, 0.15) is 32.4 Å². The van der Waals surface area contributed by atoms with E-state index in [2.05, 4.69) is 9.97 Å². The number of fused-ring (bicyclic) bond motifs is 1. The van der Waals surface area contributed by atoms with Crippen LogP contribution in [0.25, 0.3) is 11.2 Å². The molecular weight excluding hydrogens is 373 g/mol. The number of imidazole rings is 1. The molecule has 0 unspecified atom stereocenters. The van der Waals surface area contributed by atoms with Crippen LogP contribution in [-0.2, 0) is 11.3 Å². The molecular formula is C17H24FN5O5. The molecule has 11 heteroatoms. The molecule has 1 aliphatic heterocycles. The van der Waals surface area contributed by atoms with Crippen molar-refractivity contribution in [3.63, 3.8) is 0 Å². The van der Waals surface area contributed by atoms with Gasteiger partial charge in [-0.05, 0) is 25.2 Å². The summed E-state index contributed by atoms with van der Waals surface area (Å²) in [5.74, 6) is 0.335. The number of hydrogen-bond donors (Lipinski definition) is 3. The van der Waals surface area contributed by atoms with Crippen molar-refractivity contribution in [2.24, 2.45) is 5.92 Å². The minimum Gasteiger partial charge on any atom is -0.479 e. The topological polar surface area (TPSA) is 138 Å². The Labute approximate surface area is 159 Å². The lowest BCUT2D eigenvalue weighted by atomic mass is 10.1. The summed E-state index contributed by atoms with van der Waals surface area (Å²) >= 11 is 0. The zero-order valence-electron chi connectivity index (χ0n) is 15.7. The first-order chi connectivity index (χ1) is 13.4. The van der Waals surface area contributed by atoms with E-state index < -0.39 is 36.4 Å². The smallest absolute Gasteiger partial charge is 0.332 e. The lowest BCUT2D eigenvalue weighted by Gasteiger charge is -2.18. The number of aliphatic hydroxyl groups excluding tert-OH is 2. The van der Waals surface area contributed by atoms with E-state index in [1.54, 1.807) is 6.92 Å². The van der Waals surface area contributed by atoms with Gasteiger partial charge in [0.15, 0.2) is 23.6 Å². The van der Waals surface area contributed by atoms with Gasteiger partial charge in [0.2, 0.25) is 11.8 Å². The molecule has 10 nitrogen and oxygen atoms in total. The molecule has 3 heterocycles. The highest BCUT2D eigenvalue weighted by molar-refractivity contribution is 5.78. The van der Waals surface area contributed by atoms with Crippen molar-refractivity contribution < 1.29 is 24.1 Å². The zero-order valence-corrected chi connectivity index (χ0v) is 15.7. The summed E-state index contributed by atoms with van der Waals surface area (Å²) in [4.78, 5) is 21.4. The maximum atomic E-state index is 14.6. The number of alkyl halides is 1. The average molecular weight is 397 g/mol. The van der Waals surface area contributed by atoms with Gasteiger partial charge in [-0.3, -0.25) is 4.57 Å². The van der Waals surface area contributed by atoms with E-state index in [1.165, 1.54) is 11.7 Å². The van der Waals surface area contributed by atoms with Crippen LogP contribution in [-0.4, -0.2) is 60.9 Å². The van der Waals surface area contributed by atoms with Crippen LogP contribution < -0.4 is 16.2 Å². The predicted molar refractivity (Wildman–Crippen MR) is 96.6 cm³/mol.